The number of nitrogen functional groups attached to an aromatic ring is 1. The number of amides is 12. The maximum absolute atomic E-state index is 15.3. The molecule has 0 unspecified atom stereocenters. The number of carbonyl (C=O) groups is 11. The van der Waals surface area contributed by atoms with Gasteiger partial charge in [-0.3, -0.25) is 58.3 Å². The molecular formula is C78H100ClN17O13. The number of primary amides is 2. The molecule has 0 aromatic heterocycles. The lowest BCUT2D eigenvalue weighted by Crippen LogP contribution is -2.62. The summed E-state index contributed by atoms with van der Waals surface area (Å²) in [7, 11) is 0. The average molecular weight is 1520 g/mol. The van der Waals surface area contributed by atoms with Gasteiger partial charge >= 0.3 is 6.03 Å². The molecule has 6 aromatic carbocycles. The van der Waals surface area contributed by atoms with Gasteiger partial charge in [-0.15, -0.1) is 0 Å². The van der Waals surface area contributed by atoms with Gasteiger partial charge in [0.15, 0.2) is 5.96 Å². The third-order valence-electron chi connectivity index (χ3n) is 18.9. The number of benzene rings is 6. The number of morpholine rings is 1. The van der Waals surface area contributed by atoms with Crippen molar-refractivity contribution in [1.29, 1.82) is 5.41 Å². The van der Waals surface area contributed by atoms with Crippen LogP contribution in [-0.4, -0.2) is 192 Å². The van der Waals surface area contributed by atoms with Gasteiger partial charge in [0.05, 0.1) is 19.8 Å². The third kappa shape index (κ3) is 26.0. The predicted molar refractivity (Wildman–Crippen MR) is 411 cm³/mol. The van der Waals surface area contributed by atoms with Gasteiger partial charge in [-0.2, -0.15) is 0 Å². The van der Waals surface area contributed by atoms with Gasteiger partial charge in [-0.05, 0) is 113 Å². The number of aliphatic hydroxyl groups is 1. The van der Waals surface area contributed by atoms with Gasteiger partial charge in [0.2, 0.25) is 59.1 Å². The van der Waals surface area contributed by atoms with Crippen LogP contribution in [0.1, 0.15) is 86.3 Å². The fourth-order valence-corrected chi connectivity index (χ4v) is 13.1. The highest BCUT2D eigenvalue weighted by atomic mass is 35.5. The molecule has 2 aliphatic rings. The number of halogens is 1. The molecule has 10 atom stereocenters. The minimum Gasteiger partial charge on any atom is -0.399 e. The fourth-order valence-electron chi connectivity index (χ4n) is 13.0. The summed E-state index contributed by atoms with van der Waals surface area (Å²) in [5.41, 5.74) is 26.9. The van der Waals surface area contributed by atoms with Crippen molar-refractivity contribution in [3.63, 3.8) is 0 Å². The van der Waals surface area contributed by atoms with E-state index in [1.54, 1.807) is 103 Å². The standard InChI is InChI=1S/C78H100ClN17O13/c1-46(2)38-59(68(99)87-58(18-10-32-85-77(82)83)76(107)96-33-11-19-66(96)75(106)86-47(3)67(81)98)88-69(100)61(40-49-20-22-52(23-21-49)44-95-34-36-109-37-35-95)90-71(102)63(42-51-26-30-56(80)31-27-51)92-74(105)65(45-97)93-72(103)60(39-48-12-5-4-6-13-48)89-70(101)62(41-50-24-28-55(79)29-25-50)91-73(104)64(94-78(84)108)43-54-16-9-15-53-14-7-8-17-57(53)54/h4-9,12-17,20-31,46-47,58-66,97H,10-11,18-19,32-45,80H2,1-3H3,(H2,81,98)(H,86,106)(H,87,99)(H,88,100)(H,89,101)(H,90,102)(H,91,104)(H,92,105)(H,93,103)(H4,82,83,85)(H3,84,94,108)/t47-,58+,59+,60-,61-,62-,63+,64-,65+,66+/m1/s1. The molecule has 0 saturated carbocycles. The second-order valence-corrected chi connectivity index (χ2v) is 28.3. The number of hydrogen-bond donors (Lipinski definition) is 16. The molecule has 2 heterocycles. The largest absolute Gasteiger partial charge is 0.399 e. The molecule has 2 saturated heterocycles. The first-order valence-electron chi connectivity index (χ1n) is 36.4. The molecule has 31 heteroatoms. The van der Waals surface area contributed by atoms with E-state index in [-0.39, 0.29) is 82.8 Å². The minimum absolute atomic E-state index is 0.00911. The fraction of sp³-hybridized carbons (Fsp3) is 0.410. The van der Waals surface area contributed by atoms with E-state index in [0.717, 1.165) is 29.4 Å². The molecule has 0 spiro atoms. The first-order chi connectivity index (χ1) is 52.2. The summed E-state index contributed by atoms with van der Waals surface area (Å²) >= 11 is 6.26. The van der Waals surface area contributed by atoms with E-state index in [2.05, 4.69) is 58.1 Å². The number of anilines is 1. The highest BCUT2D eigenvalue weighted by Crippen LogP contribution is 2.24. The van der Waals surface area contributed by atoms with Crippen molar-refractivity contribution in [1.82, 2.24) is 63.0 Å². The van der Waals surface area contributed by atoms with E-state index in [9.17, 15) is 48.3 Å². The van der Waals surface area contributed by atoms with Crippen LogP contribution in [0.5, 0.6) is 0 Å². The Morgan fingerprint density at radius 3 is 1.51 bits per heavy atom. The molecule has 8 rings (SSSR count). The Balaban J connectivity index is 1.06. The van der Waals surface area contributed by atoms with Crippen molar-refractivity contribution in [3.8, 4) is 0 Å². The Kier molecular flexibility index (Phi) is 31.5. The second-order valence-electron chi connectivity index (χ2n) is 27.8. The molecule has 0 aliphatic carbocycles. The van der Waals surface area contributed by atoms with Crippen LogP contribution in [0, 0.1) is 11.3 Å². The lowest BCUT2D eigenvalue weighted by Gasteiger charge is -2.31. The summed E-state index contributed by atoms with van der Waals surface area (Å²) in [5.74, 6) is -8.86. The summed E-state index contributed by atoms with van der Waals surface area (Å²) in [4.78, 5) is 161. The molecule has 2 aliphatic heterocycles. The Hall–Kier alpha value is -11.2. The van der Waals surface area contributed by atoms with Crippen LogP contribution in [0.25, 0.3) is 10.8 Å². The lowest BCUT2D eigenvalue weighted by atomic mass is 9.97. The first kappa shape index (κ1) is 83.4. The Morgan fingerprint density at radius 2 is 0.982 bits per heavy atom. The maximum Gasteiger partial charge on any atom is 0.312 e. The molecule has 0 radical (unpaired) electrons. The lowest BCUT2D eigenvalue weighted by molar-refractivity contribution is -0.142. The van der Waals surface area contributed by atoms with E-state index in [1.165, 1.54) is 11.8 Å². The molecule has 6 aromatic rings. The number of aliphatic hydroxyl groups excluding tert-OH is 1. The van der Waals surface area contributed by atoms with Gasteiger partial charge in [0.1, 0.15) is 60.4 Å². The Labute approximate surface area is 637 Å². The first-order valence-corrected chi connectivity index (χ1v) is 36.8. The van der Waals surface area contributed by atoms with E-state index < -0.39 is 132 Å². The van der Waals surface area contributed by atoms with Crippen LogP contribution < -0.4 is 76.1 Å². The van der Waals surface area contributed by atoms with Gasteiger partial charge in [0.25, 0.3) is 0 Å². The average Bonchev–Trinajstić information content (AvgIpc) is 1.79. The Bertz CT molecular complexity index is 4130. The number of nitrogens with two attached hydrogens (primary N) is 4. The van der Waals surface area contributed by atoms with Crippen molar-refractivity contribution in [3.05, 3.63) is 184 Å². The van der Waals surface area contributed by atoms with E-state index >= 15 is 9.59 Å². The zero-order chi connectivity index (χ0) is 78.7. The van der Waals surface area contributed by atoms with Crippen LogP contribution in [0.3, 0.4) is 0 Å². The Morgan fingerprint density at radius 1 is 0.523 bits per heavy atom. The molecule has 582 valence electrons. The van der Waals surface area contributed by atoms with Gasteiger partial charge in [0, 0.05) is 75.5 Å². The van der Waals surface area contributed by atoms with E-state index in [4.69, 9.17) is 44.7 Å². The summed E-state index contributed by atoms with van der Waals surface area (Å²) in [5, 5.41) is 47.8. The number of guanidine groups is 1. The summed E-state index contributed by atoms with van der Waals surface area (Å²) in [6.07, 6.45) is 0.0900. The molecular weight excluding hydrogens is 1420 g/mol. The van der Waals surface area contributed by atoms with Crippen molar-refractivity contribution in [2.45, 2.75) is 152 Å². The summed E-state index contributed by atoms with van der Waals surface area (Å²) in [6, 6.07) is 26.9. The van der Waals surface area contributed by atoms with Crippen LogP contribution in [-0.2, 0) is 91.3 Å². The predicted octanol–water partition coefficient (Wildman–Crippen LogP) is 1.13. The smallest absolute Gasteiger partial charge is 0.312 e. The zero-order valence-electron chi connectivity index (χ0n) is 61.4. The van der Waals surface area contributed by atoms with Crippen molar-refractivity contribution in [2.75, 3.05) is 51.7 Å². The minimum atomic E-state index is -1.81. The van der Waals surface area contributed by atoms with E-state index in [0.29, 0.717) is 64.7 Å². The van der Waals surface area contributed by atoms with Crippen LogP contribution in [0.15, 0.2) is 146 Å². The number of nitrogens with one attached hydrogen (secondary N) is 11. The normalized spacial score (nSPS) is 16.1. The second kappa shape index (κ2) is 41.2. The molecule has 30 nitrogen and oxygen atoms in total. The van der Waals surface area contributed by atoms with Gasteiger partial charge < -0.3 is 90.8 Å². The summed E-state index contributed by atoms with van der Waals surface area (Å²) in [6.45, 7) is 7.47. The van der Waals surface area contributed by atoms with Gasteiger partial charge in [-0.25, -0.2) is 4.79 Å². The topological polar surface area (TPSA) is 472 Å². The van der Waals surface area contributed by atoms with E-state index in [1.807, 2.05) is 56.3 Å². The van der Waals surface area contributed by atoms with Crippen LogP contribution >= 0.6 is 11.6 Å². The monoisotopic (exact) mass is 1520 g/mol. The number of hydrogen-bond acceptors (Lipinski definition) is 16. The summed E-state index contributed by atoms with van der Waals surface area (Å²) < 4.78 is 5.55. The number of carbonyl (C=O) groups excluding carboxylic acids is 11. The SMILES string of the molecule is CC(C)C[C@H](NC(=O)[C@@H](Cc1ccc(CN2CCOCC2)cc1)NC(=O)[C@H](Cc1ccc(N)cc1)NC(=O)[C@H](CO)NC(=O)[C@@H](Cc1ccccc1)NC(=O)[C@@H](Cc1ccc(Cl)cc1)NC(=O)[C@@H](Cc1cccc2ccccc12)NC(N)=O)C(=O)N[C@@H](CCCNC(=N)N)C(=O)N1CCC[C@H]1C(=O)N[C@H](C)C(N)=O. The number of ether oxygens (including phenoxy) is 1. The number of fused-ring (bicyclic) bond motifs is 1. The number of urea groups is 1. The molecule has 12 amide bonds. The maximum atomic E-state index is 15.3. The van der Waals surface area contributed by atoms with Crippen molar-refractivity contribution in [2.24, 2.45) is 23.1 Å². The number of nitrogens with zero attached hydrogens (tertiary/aromatic N) is 2. The quantitative estimate of drug-likeness (QED) is 0.0112. The highest BCUT2D eigenvalue weighted by Gasteiger charge is 2.41. The zero-order valence-corrected chi connectivity index (χ0v) is 62.1. The van der Waals surface area contributed by atoms with Crippen molar-refractivity contribution >= 4 is 99.1 Å². The molecule has 0 bridgehead atoms. The van der Waals surface area contributed by atoms with Gasteiger partial charge in [-0.1, -0.05) is 147 Å². The third-order valence-corrected chi connectivity index (χ3v) is 19.1. The van der Waals surface area contributed by atoms with Crippen LogP contribution in [0.4, 0.5) is 10.5 Å². The molecule has 20 N–H and O–H groups in total. The molecule has 2 fully saturated rings. The number of likely N-dealkylation sites (tertiary alicyclic amines) is 1. The highest BCUT2D eigenvalue weighted by molar-refractivity contribution is 6.30. The van der Waals surface area contributed by atoms with Crippen molar-refractivity contribution < 1.29 is 62.6 Å². The number of rotatable bonds is 38. The van der Waals surface area contributed by atoms with Crippen LogP contribution in [0.2, 0.25) is 5.02 Å². The molecule has 109 heavy (non-hydrogen) atoms.